The van der Waals surface area contributed by atoms with Crippen molar-refractivity contribution in [2.75, 3.05) is 25.4 Å². The minimum Gasteiger partial charge on any atom is -0.354 e. The molecule has 0 bridgehead atoms. The van der Waals surface area contributed by atoms with Gasteiger partial charge in [-0.3, -0.25) is 14.7 Å². The van der Waals surface area contributed by atoms with E-state index in [0.717, 1.165) is 37.2 Å². The average molecular weight is 341 g/mol. The van der Waals surface area contributed by atoms with Gasteiger partial charge in [-0.2, -0.15) is 0 Å². The van der Waals surface area contributed by atoms with E-state index in [2.05, 4.69) is 27.3 Å². The van der Waals surface area contributed by atoms with Gasteiger partial charge in [0.1, 0.15) is 6.04 Å². The van der Waals surface area contributed by atoms with Gasteiger partial charge < -0.3 is 5.32 Å². The molecule has 1 N–H and O–H groups in total. The molecular weight excluding hydrogens is 318 g/mol. The summed E-state index contributed by atoms with van der Waals surface area (Å²) in [6.07, 6.45) is 5.88. The minimum absolute atomic E-state index is 0.0820. The van der Waals surface area contributed by atoms with Crippen molar-refractivity contribution in [3.63, 3.8) is 0 Å². The maximum Gasteiger partial charge on any atom is 0.242 e. The molecule has 1 aliphatic rings. The largest absolute Gasteiger partial charge is 0.354 e. The molecule has 2 aromatic rings. The fourth-order valence-electron chi connectivity index (χ4n) is 3.02. The zero-order valence-corrected chi connectivity index (χ0v) is 14.5. The predicted octanol–water partition coefficient (Wildman–Crippen LogP) is 3.13. The van der Waals surface area contributed by atoms with Gasteiger partial charge in [0.15, 0.2) is 0 Å². The maximum atomic E-state index is 12.8. The van der Waals surface area contributed by atoms with E-state index in [1.165, 1.54) is 4.90 Å². The molecule has 1 aromatic carbocycles. The van der Waals surface area contributed by atoms with Crippen LogP contribution in [-0.2, 0) is 4.79 Å². The summed E-state index contributed by atoms with van der Waals surface area (Å²) >= 11 is 1.76. The van der Waals surface area contributed by atoms with E-state index in [1.807, 2.05) is 30.3 Å². The summed E-state index contributed by atoms with van der Waals surface area (Å²) in [7, 11) is 0. The molecule has 2 heterocycles. The summed E-state index contributed by atoms with van der Waals surface area (Å²) in [5.74, 6) is 0.953. The van der Waals surface area contributed by atoms with Crippen LogP contribution in [0.2, 0.25) is 0 Å². The Morgan fingerprint density at radius 2 is 1.96 bits per heavy atom. The molecule has 0 spiro atoms. The first-order valence-electron chi connectivity index (χ1n) is 8.44. The third-order valence-corrected chi connectivity index (χ3v) is 5.18. The molecule has 0 saturated carbocycles. The normalized spacial score (nSPS) is 16.0. The highest BCUT2D eigenvalue weighted by Gasteiger charge is 2.29. The van der Waals surface area contributed by atoms with Gasteiger partial charge in [-0.15, -0.1) is 11.8 Å². The molecule has 24 heavy (non-hydrogen) atoms. The second kappa shape index (κ2) is 8.85. The molecular formula is C19H23N3OS. The molecule has 1 saturated heterocycles. The monoisotopic (exact) mass is 341 g/mol. The first kappa shape index (κ1) is 17.0. The van der Waals surface area contributed by atoms with Crippen molar-refractivity contribution in [1.82, 2.24) is 15.2 Å². The number of rotatable bonds is 7. The van der Waals surface area contributed by atoms with Crippen molar-refractivity contribution in [3.05, 3.63) is 60.4 Å². The molecule has 0 unspecified atom stereocenters. The molecule has 3 rings (SSSR count). The lowest BCUT2D eigenvalue weighted by molar-refractivity contribution is -0.126. The van der Waals surface area contributed by atoms with E-state index in [9.17, 15) is 4.79 Å². The number of amides is 1. The standard InChI is InChI=1S/C19H23N3OS/c23-19(21-11-14-24-17-8-2-1-3-9-17)18(22-12-4-5-13-22)16-7-6-10-20-15-16/h1-3,6-10,15,18H,4-5,11-14H2,(H,21,23)/t18-/m1/s1. The fourth-order valence-corrected chi connectivity index (χ4v) is 3.81. The Morgan fingerprint density at radius 3 is 2.67 bits per heavy atom. The van der Waals surface area contributed by atoms with Gasteiger partial charge in [0, 0.05) is 29.6 Å². The lowest BCUT2D eigenvalue weighted by Gasteiger charge is -2.26. The summed E-state index contributed by atoms with van der Waals surface area (Å²) in [5.41, 5.74) is 0.979. The summed E-state index contributed by atoms with van der Waals surface area (Å²) in [6.45, 7) is 2.63. The zero-order valence-electron chi connectivity index (χ0n) is 13.7. The Balaban J connectivity index is 1.55. The van der Waals surface area contributed by atoms with Crippen LogP contribution in [0.25, 0.3) is 0 Å². The number of nitrogens with one attached hydrogen (secondary N) is 1. The lowest BCUT2D eigenvalue weighted by atomic mass is 10.1. The highest BCUT2D eigenvalue weighted by molar-refractivity contribution is 7.99. The van der Waals surface area contributed by atoms with Crippen molar-refractivity contribution in [2.24, 2.45) is 0 Å². The van der Waals surface area contributed by atoms with Crippen LogP contribution in [0.3, 0.4) is 0 Å². The van der Waals surface area contributed by atoms with Gasteiger partial charge >= 0.3 is 0 Å². The molecule has 1 atom stereocenters. The van der Waals surface area contributed by atoms with Crippen molar-refractivity contribution >= 4 is 17.7 Å². The maximum absolute atomic E-state index is 12.8. The Hall–Kier alpha value is -1.85. The van der Waals surface area contributed by atoms with Crippen LogP contribution >= 0.6 is 11.8 Å². The summed E-state index contributed by atoms with van der Waals surface area (Å²) < 4.78 is 0. The molecule has 0 aliphatic carbocycles. The van der Waals surface area contributed by atoms with Gasteiger partial charge in [-0.25, -0.2) is 0 Å². The van der Waals surface area contributed by atoms with E-state index >= 15 is 0 Å². The van der Waals surface area contributed by atoms with Crippen molar-refractivity contribution in [2.45, 2.75) is 23.8 Å². The van der Waals surface area contributed by atoms with E-state index in [-0.39, 0.29) is 11.9 Å². The number of aromatic nitrogens is 1. The Bertz CT molecular complexity index is 630. The van der Waals surface area contributed by atoms with Gasteiger partial charge in [-0.1, -0.05) is 24.3 Å². The highest BCUT2D eigenvalue weighted by atomic mass is 32.2. The Morgan fingerprint density at radius 1 is 1.17 bits per heavy atom. The molecule has 1 aromatic heterocycles. The number of hydrogen-bond donors (Lipinski definition) is 1. The summed E-state index contributed by atoms with van der Waals surface area (Å²) in [5, 5.41) is 3.10. The van der Waals surface area contributed by atoms with Crippen LogP contribution in [0.15, 0.2) is 59.8 Å². The molecule has 4 nitrogen and oxygen atoms in total. The third-order valence-electron chi connectivity index (χ3n) is 4.17. The Kier molecular flexibility index (Phi) is 6.26. The molecule has 0 radical (unpaired) electrons. The number of hydrogen-bond acceptors (Lipinski definition) is 4. The van der Waals surface area contributed by atoms with E-state index in [0.29, 0.717) is 6.54 Å². The number of benzene rings is 1. The predicted molar refractivity (Wildman–Crippen MR) is 98.0 cm³/mol. The van der Waals surface area contributed by atoms with Crippen LogP contribution in [0.5, 0.6) is 0 Å². The average Bonchev–Trinajstić information content (AvgIpc) is 3.15. The second-order valence-electron chi connectivity index (χ2n) is 5.88. The number of pyridine rings is 1. The van der Waals surface area contributed by atoms with Crippen LogP contribution < -0.4 is 5.32 Å². The van der Waals surface area contributed by atoms with Gasteiger partial charge in [-0.05, 0) is 49.7 Å². The number of nitrogens with zero attached hydrogens (tertiary/aromatic N) is 2. The minimum atomic E-state index is -0.220. The van der Waals surface area contributed by atoms with Crippen LogP contribution in [0.4, 0.5) is 0 Å². The molecule has 1 fully saturated rings. The van der Waals surface area contributed by atoms with Crippen molar-refractivity contribution < 1.29 is 4.79 Å². The topological polar surface area (TPSA) is 45.2 Å². The van der Waals surface area contributed by atoms with Gasteiger partial charge in [0.05, 0.1) is 0 Å². The third kappa shape index (κ3) is 4.58. The molecule has 1 aliphatic heterocycles. The SMILES string of the molecule is O=C(NCCSc1ccccc1)[C@@H](c1cccnc1)N1CCCC1. The van der Waals surface area contributed by atoms with E-state index in [4.69, 9.17) is 0 Å². The number of thioether (sulfide) groups is 1. The number of likely N-dealkylation sites (tertiary alicyclic amines) is 1. The summed E-state index contributed by atoms with van der Waals surface area (Å²) in [6, 6.07) is 13.9. The smallest absolute Gasteiger partial charge is 0.242 e. The van der Waals surface area contributed by atoms with Crippen molar-refractivity contribution in [3.8, 4) is 0 Å². The zero-order chi connectivity index (χ0) is 16.6. The first-order chi connectivity index (χ1) is 11.8. The molecule has 5 heteroatoms. The Labute approximate surface area is 147 Å². The second-order valence-corrected chi connectivity index (χ2v) is 7.05. The fraction of sp³-hybridized carbons (Fsp3) is 0.368. The van der Waals surface area contributed by atoms with Gasteiger partial charge in [0.25, 0.3) is 0 Å². The van der Waals surface area contributed by atoms with Gasteiger partial charge in [0.2, 0.25) is 5.91 Å². The number of carbonyl (C=O) groups is 1. The van der Waals surface area contributed by atoms with Crippen molar-refractivity contribution in [1.29, 1.82) is 0 Å². The lowest BCUT2D eigenvalue weighted by Crippen LogP contribution is -2.40. The van der Waals surface area contributed by atoms with Crippen LogP contribution in [0.1, 0.15) is 24.4 Å². The highest BCUT2D eigenvalue weighted by Crippen LogP contribution is 2.25. The molecule has 1 amide bonds. The first-order valence-corrected chi connectivity index (χ1v) is 9.43. The van der Waals surface area contributed by atoms with E-state index in [1.54, 1.807) is 24.2 Å². The summed E-state index contributed by atoms with van der Waals surface area (Å²) in [4.78, 5) is 20.4. The van der Waals surface area contributed by atoms with Crippen LogP contribution in [-0.4, -0.2) is 41.2 Å². The quantitative estimate of drug-likeness (QED) is 0.621. The molecule has 126 valence electrons. The van der Waals surface area contributed by atoms with Crippen LogP contribution in [0, 0.1) is 0 Å². The van der Waals surface area contributed by atoms with E-state index < -0.39 is 0 Å². The number of carbonyl (C=O) groups excluding carboxylic acids is 1.